The van der Waals surface area contributed by atoms with Crippen molar-refractivity contribution >= 4 is 11.6 Å². The molecule has 0 bridgehead atoms. The van der Waals surface area contributed by atoms with E-state index in [9.17, 15) is 14.9 Å². The van der Waals surface area contributed by atoms with Gasteiger partial charge in [0.1, 0.15) is 11.5 Å². The first-order valence-corrected chi connectivity index (χ1v) is 9.88. The predicted molar refractivity (Wildman–Crippen MR) is 110 cm³/mol. The van der Waals surface area contributed by atoms with E-state index in [4.69, 9.17) is 9.47 Å². The van der Waals surface area contributed by atoms with Gasteiger partial charge in [-0.15, -0.1) is 0 Å². The molecule has 1 saturated heterocycles. The Bertz CT molecular complexity index is 866. The summed E-state index contributed by atoms with van der Waals surface area (Å²) in [6.45, 7) is 2.76. The number of rotatable bonds is 7. The number of nitro benzene ring substituents is 1. The lowest BCUT2D eigenvalue weighted by atomic mass is 10.00. The Balaban J connectivity index is 1.82. The van der Waals surface area contributed by atoms with Crippen LogP contribution in [0.25, 0.3) is 11.1 Å². The van der Waals surface area contributed by atoms with E-state index in [2.05, 4.69) is 6.92 Å². The lowest BCUT2D eigenvalue weighted by Gasteiger charge is -2.35. The highest BCUT2D eigenvalue weighted by atomic mass is 16.6. The SMILES string of the molecule is CC[C@@H]1CCCCN1C(=O)COc1ccc([N+](=O)[O-])cc1-c1ccc(OC)cc1. The topological polar surface area (TPSA) is 81.9 Å². The van der Waals surface area contributed by atoms with Crippen molar-refractivity contribution in [2.45, 2.75) is 38.6 Å². The first-order chi connectivity index (χ1) is 14.0. The largest absolute Gasteiger partial charge is 0.497 e. The van der Waals surface area contributed by atoms with Gasteiger partial charge in [-0.3, -0.25) is 14.9 Å². The first kappa shape index (κ1) is 20.6. The second-order valence-corrected chi connectivity index (χ2v) is 7.10. The third kappa shape index (κ3) is 4.85. The van der Waals surface area contributed by atoms with Gasteiger partial charge in [0.25, 0.3) is 11.6 Å². The number of nitro groups is 1. The van der Waals surface area contributed by atoms with Crippen LogP contribution in [-0.4, -0.2) is 42.0 Å². The summed E-state index contributed by atoms with van der Waals surface area (Å²) in [5.41, 5.74) is 1.29. The summed E-state index contributed by atoms with van der Waals surface area (Å²) in [4.78, 5) is 25.4. The molecule has 2 aromatic carbocycles. The van der Waals surface area contributed by atoms with Gasteiger partial charge in [0.15, 0.2) is 6.61 Å². The lowest BCUT2D eigenvalue weighted by Crippen LogP contribution is -2.45. The molecule has 2 aromatic rings. The fourth-order valence-corrected chi connectivity index (χ4v) is 3.73. The van der Waals surface area contributed by atoms with Gasteiger partial charge in [-0.1, -0.05) is 19.1 Å². The molecule has 1 fully saturated rings. The Morgan fingerprint density at radius 2 is 1.97 bits per heavy atom. The lowest BCUT2D eigenvalue weighted by molar-refractivity contribution is -0.384. The molecule has 7 nitrogen and oxygen atoms in total. The van der Waals surface area contributed by atoms with Crippen LogP contribution in [0.4, 0.5) is 5.69 Å². The number of nitrogens with zero attached hydrogens (tertiary/aromatic N) is 2. The standard InChI is InChI=1S/C22H26N2O5/c1-3-17-6-4-5-13-23(17)22(25)15-29-21-12-9-18(24(26)27)14-20(21)16-7-10-19(28-2)11-8-16/h7-12,14,17H,3-6,13,15H2,1-2H3/t17-/m1/s1. The van der Waals surface area contributed by atoms with Crippen LogP contribution < -0.4 is 9.47 Å². The fraction of sp³-hybridized carbons (Fsp3) is 0.409. The second kappa shape index (κ2) is 9.41. The van der Waals surface area contributed by atoms with Crippen LogP contribution in [0.5, 0.6) is 11.5 Å². The Kier molecular flexibility index (Phi) is 6.69. The molecule has 0 saturated carbocycles. The molecule has 1 aliphatic rings. The van der Waals surface area contributed by atoms with Crippen LogP contribution in [0, 0.1) is 10.1 Å². The third-order valence-electron chi connectivity index (χ3n) is 5.34. The average molecular weight is 398 g/mol. The molecular weight excluding hydrogens is 372 g/mol. The van der Waals surface area contributed by atoms with Crippen LogP contribution >= 0.6 is 0 Å². The highest BCUT2D eigenvalue weighted by Gasteiger charge is 2.26. The molecule has 0 radical (unpaired) electrons. The van der Waals surface area contributed by atoms with Crippen molar-refractivity contribution < 1.29 is 19.2 Å². The maximum absolute atomic E-state index is 12.7. The molecular formula is C22H26N2O5. The molecule has 0 aliphatic carbocycles. The number of benzene rings is 2. The number of non-ortho nitro benzene ring substituents is 1. The molecule has 0 spiro atoms. The molecule has 7 heteroatoms. The molecule has 0 aromatic heterocycles. The molecule has 1 heterocycles. The average Bonchev–Trinajstić information content (AvgIpc) is 2.77. The van der Waals surface area contributed by atoms with Gasteiger partial charge in [-0.2, -0.15) is 0 Å². The van der Waals surface area contributed by atoms with Crippen molar-refractivity contribution in [2.24, 2.45) is 0 Å². The van der Waals surface area contributed by atoms with E-state index < -0.39 is 4.92 Å². The van der Waals surface area contributed by atoms with Gasteiger partial charge in [0, 0.05) is 30.3 Å². The summed E-state index contributed by atoms with van der Waals surface area (Å²) in [7, 11) is 1.58. The van der Waals surface area contributed by atoms with E-state index in [1.165, 1.54) is 12.1 Å². The molecule has 29 heavy (non-hydrogen) atoms. The van der Waals surface area contributed by atoms with Crippen molar-refractivity contribution in [2.75, 3.05) is 20.3 Å². The third-order valence-corrected chi connectivity index (χ3v) is 5.34. The summed E-state index contributed by atoms with van der Waals surface area (Å²) < 4.78 is 11.0. The number of hydrogen-bond acceptors (Lipinski definition) is 5. The van der Waals surface area contributed by atoms with E-state index >= 15 is 0 Å². The van der Waals surface area contributed by atoms with E-state index in [0.29, 0.717) is 17.1 Å². The monoisotopic (exact) mass is 398 g/mol. The number of methoxy groups -OCH3 is 1. The highest BCUT2D eigenvalue weighted by molar-refractivity contribution is 5.79. The molecule has 1 atom stereocenters. The van der Waals surface area contributed by atoms with E-state index in [1.54, 1.807) is 25.3 Å². The van der Waals surface area contributed by atoms with E-state index in [1.807, 2.05) is 17.0 Å². The number of amides is 1. The van der Waals surface area contributed by atoms with Crippen LogP contribution in [-0.2, 0) is 4.79 Å². The van der Waals surface area contributed by atoms with Crippen molar-refractivity contribution in [3.8, 4) is 22.6 Å². The Labute approximate surface area is 170 Å². The van der Waals surface area contributed by atoms with Crippen LogP contribution in [0.1, 0.15) is 32.6 Å². The summed E-state index contributed by atoms with van der Waals surface area (Å²) in [5.74, 6) is 1.09. The summed E-state index contributed by atoms with van der Waals surface area (Å²) >= 11 is 0. The first-order valence-electron chi connectivity index (χ1n) is 9.88. The van der Waals surface area contributed by atoms with E-state index in [0.717, 1.165) is 37.8 Å². The van der Waals surface area contributed by atoms with E-state index in [-0.39, 0.29) is 24.2 Å². The van der Waals surface area contributed by atoms with Gasteiger partial charge < -0.3 is 14.4 Å². The quantitative estimate of drug-likeness (QED) is 0.509. The summed E-state index contributed by atoms with van der Waals surface area (Å²) in [6.07, 6.45) is 4.11. The highest BCUT2D eigenvalue weighted by Crippen LogP contribution is 2.34. The molecule has 0 N–H and O–H groups in total. The van der Waals surface area contributed by atoms with Crippen LogP contribution in [0.15, 0.2) is 42.5 Å². The smallest absolute Gasteiger partial charge is 0.270 e. The van der Waals surface area contributed by atoms with Crippen LogP contribution in [0.3, 0.4) is 0 Å². The molecule has 1 aliphatic heterocycles. The van der Waals surface area contributed by atoms with Crippen molar-refractivity contribution in [1.29, 1.82) is 0 Å². The zero-order valence-corrected chi connectivity index (χ0v) is 16.8. The zero-order valence-electron chi connectivity index (χ0n) is 16.8. The van der Waals surface area contributed by atoms with Gasteiger partial charge >= 0.3 is 0 Å². The maximum atomic E-state index is 12.7. The predicted octanol–water partition coefficient (Wildman–Crippen LogP) is 4.44. The van der Waals surface area contributed by atoms with Gasteiger partial charge in [-0.05, 0) is 49.4 Å². The molecule has 3 rings (SSSR count). The Hall–Kier alpha value is -3.09. The molecule has 154 valence electrons. The van der Waals surface area contributed by atoms with Crippen molar-refractivity contribution in [1.82, 2.24) is 4.90 Å². The minimum absolute atomic E-state index is 0.0310. The Morgan fingerprint density at radius 1 is 1.21 bits per heavy atom. The normalized spacial score (nSPS) is 16.3. The van der Waals surface area contributed by atoms with Crippen molar-refractivity contribution in [3.63, 3.8) is 0 Å². The van der Waals surface area contributed by atoms with Gasteiger partial charge in [0.2, 0.25) is 0 Å². The van der Waals surface area contributed by atoms with Crippen molar-refractivity contribution in [3.05, 3.63) is 52.6 Å². The number of likely N-dealkylation sites (tertiary alicyclic amines) is 1. The minimum Gasteiger partial charge on any atom is -0.497 e. The van der Waals surface area contributed by atoms with Crippen LogP contribution in [0.2, 0.25) is 0 Å². The Morgan fingerprint density at radius 3 is 2.62 bits per heavy atom. The maximum Gasteiger partial charge on any atom is 0.270 e. The molecule has 0 unspecified atom stereocenters. The number of carbonyl (C=O) groups excluding carboxylic acids is 1. The summed E-state index contributed by atoms with van der Waals surface area (Å²) in [5, 5.41) is 11.2. The number of piperidine rings is 1. The number of carbonyl (C=O) groups is 1. The minimum atomic E-state index is -0.443. The van der Waals surface area contributed by atoms with Gasteiger partial charge in [-0.25, -0.2) is 0 Å². The van der Waals surface area contributed by atoms with Gasteiger partial charge in [0.05, 0.1) is 12.0 Å². The fourth-order valence-electron chi connectivity index (χ4n) is 3.73. The summed E-state index contributed by atoms with van der Waals surface area (Å²) in [6, 6.07) is 11.9. The second-order valence-electron chi connectivity index (χ2n) is 7.10. The molecule has 1 amide bonds. The number of ether oxygens (including phenoxy) is 2. The zero-order chi connectivity index (χ0) is 20.8. The number of hydrogen-bond donors (Lipinski definition) is 0.